The van der Waals surface area contributed by atoms with Crippen molar-refractivity contribution in [3.05, 3.63) is 35.2 Å². The molecule has 0 radical (unpaired) electrons. The third kappa shape index (κ3) is 2.38. The Morgan fingerprint density at radius 3 is 3.00 bits per heavy atom. The van der Waals surface area contributed by atoms with Crippen LogP contribution >= 0.6 is 22.9 Å². The first-order valence-electron chi connectivity index (χ1n) is 5.14. The Morgan fingerprint density at radius 2 is 2.26 bits per heavy atom. The van der Waals surface area contributed by atoms with Crippen LogP contribution < -0.4 is 5.32 Å². The van der Waals surface area contributed by atoms with E-state index in [0.29, 0.717) is 10.2 Å². The van der Waals surface area contributed by atoms with Crippen molar-refractivity contribution in [1.29, 1.82) is 0 Å². The van der Waals surface area contributed by atoms with Crippen molar-refractivity contribution < 1.29 is 14.3 Å². The minimum absolute atomic E-state index is 0.0857. The van der Waals surface area contributed by atoms with E-state index < -0.39 is 5.97 Å². The lowest BCUT2D eigenvalue weighted by molar-refractivity contribution is 0.0690. The molecule has 0 fully saturated rings. The van der Waals surface area contributed by atoms with Gasteiger partial charge < -0.3 is 9.52 Å². The van der Waals surface area contributed by atoms with Crippen molar-refractivity contribution in [2.45, 2.75) is 0 Å². The fraction of sp³-hybridized carbons (Fsp3) is 0. The summed E-state index contributed by atoms with van der Waals surface area (Å²) in [6, 6.07) is 5.44. The van der Waals surface area contributed by atoms with Crippen molar-refractivity contribution >= 4 is 50.3 Å². The quantitative estimate of drug-likeness (QED) is 0.770. The highest BCUT2D eigenvalue weighted by atomic mass is 35.5. The largest absolute Gasteiger partial charge is 0.476 e. The molecule has 0 aliphatic rings. The van der Waals surface area contributed by atoms with Crippen LogP contribution in [-0.2, 0) is 0 Å². The molecule has 3 rings (SSSR count). The summed E-state index contributed by atoms with van der Waals surface area (Å²) >= 11 is 7.26. The Hall–Kier alpha value is -2.12. The molecule has 0 amide bonds. The van der Waals surface area contributed by atoms with Gasteiger partial charge >= 0.3 is 12.0 Å². The second-order valence-electron chi connectivity index (χ2n) is 3.60. The van der Waals surface area contributed by atoms with Gasteiger partial charge in [0.05, 0.1) is 10.2 Å². The number of benzene rings is 1. The van der Waals surface area contributed by atoms with Gasteiger partial charge in [-0.1, -0.05) is 22.9 Å². The van der Waals surface area contributed by atoms with Crippen molar-refractivity contribution in [3.8, 4) is 0 Å². The van der Waals surface area contributed by atoms with E-state index in [-0.39, 0.29) is 11.7 Å². The van der Waals surface area contributed by atoms with Gasteiger partial charge in [0.2, 0.25) is 0 Å². The molecule has 0 spiro atoms. The highest BCUT2D eigenvalue weighted by Gasteiger charge is 2.12. The molecule has 0 saturated carbocycles. The second-order valence-corrected chi connectivity index (χ2v) is 5.07. The van der Waals surface area contributed by atoms with Gasteiger partial charge in [0.15, 0.2) is 10.8 Å². The molecular formula is C11H6ClN3O3S. The van der Waals surface area contributed by atoms with Crippen LogP contribution in [0.15, 0.2) is 28.9 Å². The number of carboxylic acid groups (broad SMARTS) is 1. The molecule has 1 aromatic carbocycles. The van der Waals surface area contributed by atoms with Gasteiger partial charge in [-0.25, -0.2) is 9.78 Å². The lowest BCUT2D eigenvalue weighted by Crippen LogP contribution is -1.96. The Labute approximate surface area is 115 Å². The van der Waals surface area contributed by atoms with E-state index in [1.54, 1.807) is 18.2 Å². The number of hydrogen-bond donors (Lipinski definition) is 2. The Balaban J connectivity index is 1.89. The first kappa shape index (κ1) is 11.9. The topological polar surface area (TPSA) is 88.2 Å². The number of nitrogens with zero attached hydrogens (tertiary/aromatic N) is 2. The van der Waals surface area contributed by atoms with Gasteiger partial charge in [-0.15, -0.1) is 0 Å². The highest BCUT2D eigenvalue weighted by Crippen LogP contribution is 2.29. The summed E-state index contributed by atoms with van der Waals surface area (Å²) in [5.41, 5.74) is 0.633. The van der Waals surface area contributed by atoms with Gasteiger partial charge in [0, 0.05) is 5.02 Å². The zero-order valence-corrected chi connectivity index (χ0v) is 10.8. The van der Waals surface area contributed by atoms with Crippen molar-refractivity contribution in [1.82, 2.24) is 9.97 Å². The number of oxazole rings is 1. The molecular weight excluding hydrogens is 290 g/mol. The zero-order chi connectivity index (χ0) is 13.4. The third-order valence-electron chi connectivity index (χ3n) is 2.29. The maximum atomic E-state index is 10.7. The Bertz CT molecular complexity index is 767. The zero-order valence-electron chi connectivity index (χ0n) is 9.25. The predicted molar refractivity (Wildman–Crippen MR) is 71.4 cm³/mol. The van der Waals surface area contributed by atoms with Crippen molar-refractivity contribution in [3.63, 3.8) is 0 Å². The van der Waals surface area contributed by atoms with Gasteiger partial charge in [-0.05, 0) is 18.2 Å². The number of aromatic nitrogens is 2. The van der Waals surface area contributed by atoms with E-state index in [0.717, 1.165) is 16.5 Å². The number of hydrogen-bond acceptors (Lipinski definition) is 6. The molecule has 0 atom stereocenters. The number of carbonyl (C=O) groups is 1. The normalized spacial score (nSPS) is 10.8. The summed E-state index contributed by atoms with van der Waals surface area (Å²) in [7, 11) is 0. The lowest BCUT2D eigenvalue weighted by Gasteiger charge is -1.92. The molecule has 2 heterocycles. The highest BCUT2D eigenvalue weighted by molar-refractivity contribution is 7.22. The first-order valence-corrected chi connectivity index (χ1v) is 6.33. The molecule has 2 N–H and O–H groups in total. The summed E-state index contributed by atoms with van der Waals surface area (Å²) in [6.07, 6.45) is 1.06. The van der Waals surface area contributed by atoms with E-state index in [1.165, 1.54) is 11.3 Å². The smallest absolute Gasteiger partial charge is 0.357 e. The van der Waals surface area contributed by atoms with E-state index >= 15 is 0 Å². The summed E-state index contributed by atoms with van der Waals surface area (Å²) < 4.78 is 5.90. The van der Waals surface area contributed by atoms with Gasteiger partial charge in [0.25, 0.3) is 0 Å². The molecule has 0 saturated heterocycles. The Morgan fingerprint density at radius 1 is 1.42 bits per heavy atom. The van der Waals surface area contributed by atoms with Crippen LogP contribution in [0.3, 0.4) is 0 Å². The summed E-state index contributed by atoms with van der Waals surface area (Å²) in [4.78, 5) is 18.7. The number of aromatic carboxylic acids is 1. The first-order chi connectivity index (χ1) is 9.11. The molecule has 0 aliphatic heterocycles. The summed E-state index contributed by atoms with van der Waals surface area (Å²) in [5, 5.41) is 12.7. The number of thiazole rings is 1. The number of rotatable bonds is 3. The van der Waals surface area contributed by atoms with Crippen LogP contribution in [0.2, 0.25) is 5.02 Å². The van der Waals surface area contributed by atoms with Crippen LogP contribution in [0.25, 0.3) is 10.2 Å². The minimum Gasteiger partial charge on any atom is -0.476 e. The van der Waals surface area contributed by atoms with Crippen molar-refractivity contribution in [2.24, 2.45) is 0 Å². The summed E-state index contributed by atoms with van der Waals surface area (Å²) in [6.45, 7) is 0. The third-order valence-corrected chi connectivity index (χ3v) is 3.46. The average molecular weight is 296 g/mol. The van der Waals surface area contributed by atoms with E-state index in [9.17, 15) is 4.79 Å². The second kappa shape index (κ2) is 4.52. The van der Waals surface area contributed by atoms with Crippen LogP contribution in [0, 0.1) is 0 Å². The molecule has 96 valence electrons. The van der Waals surface area contributed by atoms with E-state index in [4.69, 9.17) is 21.1 Å². The molecule has 2 aromatic heterocycles. The summed E-state index contributed by atoms with van der Waals surface area (Å²) in [5.74, 6) is -1.15. The molecule has 0 aliphatic carbocycles. The molecule has 0 bridgehead atoms. The number of halogens is 1. The van der Waals surface area contributed by atoms with Gasteiger partial charge in [0.1, 0.15) is 6.26 Å². The lowest BCUT2D eigenvalue weighted by atomic mass is 10.3. The maximum absolute atomic E-state index is 10.7. The molecule has 19 heavy (non-hydrogen) atoms. The number of carboxylic acids is 1. The minimum atomic E-state index is -1.15. The predicted octanol–water partition coefficient (Wildman–Crippen LogP) is 3.38. The van der Waals surface area contributed by atoms with Crippen LogP contribution in [0.4, 0.5) is 11.1 Å². The van der Waals surface area contributed by atoms with Crippen LogP contribution in [0.1, 0.15) is 10.5 Å². The SMILES string of the molecule is O=C(O)c1coc(Nc2nc3ccc(Cl)cc3s2)n1. The van der Waals surface area contributed by atoms with Crippen LogP contribution in [0.5, 0.6) is 0 Å². The van der Waals surface area contributed by atoms with E-state index in [2.05, 4.69) is 15.3 Å². The van der Waals surface area contributed by atoms with Crippen LogP contribution in [-0.4, -0.2) is 21.0 Å². The fourth-order valence-electron chi connectivity index (χ4n) is 1.47. The van der Waals surface area contributed by atoms with Crippen molar-refractivity contribution in [2.75, 3.05) is 5.32 Å². The maximum Gasteiger partial charge on any atom is 0.357 e. The monoisotopic (exact) mass is 295 g/mol. The average Bonchev–Trinajstić information content (AvgIpc) is 2.95. The number of nitrogens with one attached hydrogen (secondary N) is 1. The molecule has 0 unspecified atom stereocenters. The fourth-order valence-corrected chi connectivity index (χ4v) is 2.60. The Kier molecular flexibility index (Phi) is 2.84. The van der Waals surface area contributed by atoms with Gasteiger partial charge in [-0.2, -0.15) is 4.98 Å². The standard InChI is InChI=1S/C11H6ClN3O3S/c12-5-1-2-6-8(3-5)19-11(14-6)15-10-13-7(4-18-10)9(16)17/h1-4H,(H,16,17)(H,13,14,15). The van der Waals surface area contributed by atoms with E-state index in [1.807, 2.05) is 0 Å². The molecule has 3 aromatic rings. The van der Waals surface area contributed by atoms with Gasteiger partial charge in [-0.3, -0.25) is 5.32 Å². The number of fused-ring (bicyclic) bond motifs is 1. The molecule has 8 heteroatoms. The molecule has 6 nitrogen and oxygen atoms in total. The number of anilines is 2.